The summed E-state index contributed by atoms with van der Waals surface area (Å²) >= 11 is 0. The summed E-state index contributed by atoms with van der Waals surface area (Å²) < 4.78 is 9.89. The topological polar surface area (TPSA) is 96.4 Å². The SMILES string of the molecule is COC(=O)N1CCN(C(=O)OC(C)(C)C)CC1CC(=O)O. The van der Waals surface area contributed by atoms with E-state index in [1.165, 1.54) is 16.9 Å². The predicted molar refractivity (Wildman–Crippen MR) is 73.0 cm³/mol. The van der Waals surface area contributed by atoms with Gasteiger partial charge in [-0.25, -0.2) is 9.59 Å². The Balaban J connectivity index is 2.76. The second-order valence-corrected chi connectivity index (χ2v) is 5.84. The molecule has 2 amide bonds. The van der Waals surface area contributed by atoms with E-state index < -0.39 is 29.8 Å². The summed E-state index contributed by atoms with van der Waals surface area (Å²) in [6.45, 7) is 5.86. The highest BCUT2D eigenvalue weighted by molar-refractivity contribution is 5.73. The largest absolute Gasteiger partial charge is 0.481 e. The van der Waals surface area contributed by atoms with Crippen molar-refractivity contribution in [3.63, 3.8) is 0 Å². The van der Waals surface area contributed by atoms with Crippen molar-refractivity contribution in [2.45, 2.75) is 38.8 Å². The first-order valence-corrected chi connectivity index (χ1v) is 6.68. The number of hydrogen-bond donors (Lipinski definition) is 1. The molecule has 1 unspecified atom stereocenters. The highest BCUT2D eigenvalue weighted by Gasteiger charge is 2.35. The quantitative estimate of drug-likeness (QED) is 0.822. The Morgan fingerprint density at radius 2 is 1.81 bits per heavy atom. The number of carbonyl (C=O) groups excluding carboxylic acids is 2. The number of aliphatic carboxylic acids is 1. The van der Waals surface area contributed by atoms with Gasteiger partial charge in [-0.1, -0.05) is 0 Å². The van der Waals surface area contributed by atoms with Gasteiger partial charge in [-0.3, -0.25) is 4.79 Å². The van der Waals surface area contributed by atoms with Crippen molar-refractivity contribution in [1.82, 2.24) is 9.80 Å². The second kappa shape index (κ2) is 6.64. The summed E-state index contributed by atoms with van der Waals surface area (Å²) in [5, 5.41) is 8.94. The minimum Gasteiger partial charge on any atom is -0.481 e. The molecule has 0 bridgehead atoms. The molecule has 0 aromatic carbocycles. The standard InChI is InChI=1S/C13H22N2O6/c1-13(2,3)21-11(18)14-5-6-15(12(19)20-4)9(8-14)7-10(16)17/h9H,5-8H2,1-4H3,(H,16,17). The van der Waals surface area contributed by atoms with Crippen LogP contribution in [-0.4, -0.2) is 71.4 Å². The zero-order valence-electron chi connectivity index (χ0n) is 12.8. The number of ether oxygens (including phenoxy) is 2. The fraction of sp³-hybridized carbons (Fsp3) is 0.769. The molecule has 1 heterocycles. The molecule has 1 rings (SSSR count). The maximum atomic E-state index is 12.0. The van der Waals surface area contributed by atoms with E-state index in [0.717, 1.165) is 0 Å². The van der Waals surface area contributed by atoms with Crippen LogP contribution >= 0.6 is 0 Å². The molecule has 0 radical (unpaired) electrons. The minimum absolute atomic E-state index is 0.107. The van der Waals surface area contributed by atoms with E-state index in [2.05, 4.69) is 4.74 Å². The Morgan fingerprint density at radius 3 is 2.29 bits per heavy atom. The van der Waals surface area contributed by atoms with Gasteiger partial charge in [-0.2, -0.15) is 0 Å². The van der Waals surface area contributed by atoms with Crippen molar-refractivity contribution < 1.29 is 29.0 Å². The van der Waals surface area contributed by atoms with Crippen LogP contribution in [0.25, 0.3) is 0 Å². The molecule has 0 aromatic rings. The van der Waals surface area contributed by atoms with Crippen LogP contribution < -0.4 is 0 Å². The number of nitrogens with zero attached hydrogens (tertiary/aromatic N) is 2. The van der Waals surface area contributed by atoms with Crippen molar-refractivity contribution in [3.8, 4) is 0 Å². The normalized spacial score (nSPS) is 19.1. The van der Waals surface area contributed by atoms with E-state index in [1.54, 1.807) is 20.8 Å². The third kappa shape index (κ3) is 5.13. The number of piperazine rings is 1. The molecule has 1 saturated heterocycles. The molecule has 0 aromatic heterocycles. The predicted octanol–water partition coefficient (Wildman–Crippen LogP) is 1.15. The number of hydrogen-bond acceptors (Lipinski definition) is 5. The lowest BCUT2D eigenvalue weighted by atomic mass is 10.1. The summed E-state index contributed by atoms with van der Waals surface area (Å²) in [5.41, 5.74) is -0.626. The number of carbonyl (C=O) groups is 3. The molecule has 1 aliphatic heterocycles. The lowest BCUT2D eigenvalue weighted by Gasteiger charge is -2.40. The molecule has 120 valence electrons. The zero-order chi connectivity index (χ0) is 16.2. The van der Waals surface area contributed by atoms with Crippen molar-refractivity contribution in [2.75, 3.05) is 26.7 Å². The van der Waals surface area contributed by atoms with Crippen LogP contribution in [0, 0.1) is 0 Å². The number of methoxy groups -OCH3 is 1. The Hall–Kier alpha value is -1.99. The smallest absolute Gasteiger partial charge is 0.410 e. The Bertz CT molecular complexity index is 417. The second-order valence-electron chi connectivity index (χ2n) is 5.84. The van der Waals surface area contributed by atoms with Crippen molar-refractivity contribution in [3.05, 3.63) is 0 Å². The minimum atomic E-state index is -1.04. The number of carboxylic acids is 1. The van der Waals surface area contributed by atoms with Gasteiger partial charge in [0.2, 0.25) is 0 Å². The van der Waals surface area contributed by atoms with Crippen LogP contribution in [0.4, 0.5) is 9.59 Å². The molecule has 1 atom stereocenters. The first-order valence-electron chi connectivity index (χ1n) is 6.68. The third-order valence-electron chi connectivity index (χ3n) is 2.95. The number of rotatable bonds is 2. The van der Waals surface area contributed by atoms with Gasteiger partial charge >= 0.3 is 18.2 Å². The van der Waals surface area contributed by atoms with E-state index >= 15 is 0 Å². The Labute approximate surface area is 123 Å². The molecule has 1 fully saturated rings. The molecular weight excluding hydrogens is 280 g/mol. The molecule has 0 spiro atoms. The van der Waals surface area contributed by atoms with E-state index in [-0.39, 0.29) is 26.1 Å². The molecule has 1 N–H and O–H groups in total. The Morgan fingerprint density at radius 1 is 1.19 bits per heavy atom. The number of carboxylic acid groups (broad SMARTS) is 1. The van der Waals surface area contributed by atoms with Gasteiger partial charge in [0.05, 0.1) is 19.6 Å². The van der Waals surface area contributed by atoms with Crippen molar-refractivity contribution in [1.29, 1.82) is 0 Å². The summed E-state index contributed by atoms with van der Waals surface area (Å²) in [5.74, 6) is -1.04. The van der Waals surface area contributed by atoms with E-state index in [9.17, 15) is 14.4 Å². The van der Waals surface area contributed by atoms with Crippen LogP contribution in [0.1, 0.15) is 27.2 Å². The van der Waals surface area contributed by atoms with E-state index in [0.29, 0.717) is 0 Å². The summed E-state index contributed by atoms with van der Waals surface area (Å²) in [6.07, 6.45) is -1.36. The average Bonchev–Trinajstić information content (AvgIpc) is 2.35. The molecular formula is C13H22N2O6. The van der Waals surface area contributed by atoms with Gasteiger partial charge in [0, 0.05) is 19.6 Å². The first kappa shape index (κ1) is 17.1. The molecule has 8 nitrogen and oxygen atoms in total. The molecule has 8 heteroatoms. The van der Waals surface area contributed by atoms with Gasteiger partial charge in [-0.15, -0.1) is 0 Å². The highest BCUT2D eigenvalue weighted by Crippen LogP contribution is 2.17. The first-order chi connectivity index (χ1) is 9.64. The summed E-state index contributed by atoms with van der Waals surface area (Å²) in [4.78, 5) is 37.3. The van der Waals surface area contributed by atoms with Crippen molar-refractivity contribution in [2.24, 2.45) is 0 Å². The van der Waals surface area contributed by atoms with Crippen LogP contribution in [0.3, 0.4) is 0 Å². The lowest BCUT2D eigenvalue weighted by molar-refractivity contribution is -0.138. The van der Waals surface area contributed by atoms with Crippen LogP contribution in [0.2, 0.25) is 0 Å². The fourth-order valence-electron chi connectivity index (χ4n) is 2.08. The molecule has 0 aliphatic carbocycles. The lowest BCUT2D eigenvalue weighted by Crippen LogP contribution is -2.57. The van der Waals surface area contributed by atoms with Gasteiger partial charge in [0.1, 0.15) is 5.60 Å². The third-order valence-corrected chi connectivity index (χ3v) is 2.95. The number of amides is 2. The van der Waals surface area contributed by atoms with Gasteiger partial charge in [0.15, 0.2) is 0 Å². The molecule has 1 aliphatic rings. The van der Waals surface area contributed by atoms with Crippen molar-refractivity contribution >= 4 is 18.2 Å². The zero-order valence-corrected chi connectivity index (χ0v) is 12.8. The van der Waals surface area contributed by atoms with E-state index in [4.69, 9.17) is 9.84 Å². The molecule has 21 heavy (non-hydrogen) atoms. The highest BCUT2D eigenvalue weighted by atomic mass is 16.6. The van der Waals surface area contributed by atoms with Crippen LogP contribution in [-0.2, 0) is 14.3 Å². The van der Waals surface area contributed by atoms with Crippen LogP contribution in [0.15, 0.2) is 0 Å². The maximum Gasteiger partial charge on any atom is 0.410 e. The molecule has 0 saturated carbocycles. The van der Waals surface area contributed by atoms with Crippen LogP contribution in [0.5, 0.6) is 0 Å². The van der Waals surface area contributed by atoms with Gasteiger partial charge in [0.25, 0.3) is 0 Å². The maximum absolute atomic E-state index is 12.0. The summed E-state index contributed by atoms with van der Waals surface area (Å²) in [6, 6.07) is -0.629. The van der Waals surface area contributed by atoms with E-state index in [1.807, 2.05) is 0 Å². The van der Waals surface area contributed by atoms with Gasteiger partial charge in [-0.05, 0) is 20.8 Å². The Kier molecular flexibility index (Phi) is 5.40. The van der Waals surface area contributed by atoms with Gasteiger partial charge < -0.3 is 24.4 Å². The fourth-order valence-corrected chi connectivity index (χ4v) is 2.08. The monoisotopic (exact) mass is 302 g/mol. The average molecular weight is 302 g/mol. The summed E-state index contributed by atoms with van der Waals surface area (Å²) in [7, 11) is 1.24.